The highest BCUT2D eigenvalue weighted by molar-refractivity contribution is 5.96. The third kappa shape index (κ3) is 2.37. The monoisotopic (exact) mass is 224 g/mol. The molecule has 0 spiro atoms. The van der Waals surface area contributed by atoms with Crippen LogP contribution in [-0.2, 0) is 19.2 Å². The zero-order valence-electron chi connectivity index (χ0n) is 9.53. The summed E-state index contributed by atoms with van der Waals surface area (Å²) in [4.78, 5) is 48.9. The predicted octanol–water partition coefficient (Wildman–Crippen LogP) is 0.764. The van der Waals surface area contributed by atoms with Crippen molar-refractivity contribution in [3.05, 3.63) is 0 Å². The largest absolute Gasteiger partial charge is 0.271 e. The highest BCUT2D eigenvalue weighted by atomic mass is 16.2. The van der Waals surface area contributed by atoms with Gasteiger partial charge in [0.05, 0.1) is 10.8 Å². The Labute approximate surface area is 92.5 Å². The lowest BCUT2D eigenvalue weighted by Gasteiger charge is -2.34. The number of nitrogens with zero attached hydrogens (tertiary/aromatic N) is 2. The van der Waals surface area contributed by atoms with E-state index in [1.54, 1.807) is 0 Å². The second kappa shape index (κ2) is 4.75. The molecule has 0 unspecified atom stereocenters. The highest BCUT2D eigenvalue weighted by Gasteiger charge is 2.48. The molecular weight excluding hydrogens is 212 g/mol. The summed E-state index contributed by atoms with van der Waals surface area (Å²) in [5.74, 6) is -1.58. The summed E-state index contributed by atoms with van der Waals surface area (Å²) in [6, 6.07) is 0. The molecule has 0 heterocycles. The summed E-state index contributed by atoms with van der Waals surface area (Å²) in [7, 11) is 0. The van der Waals surface area contributed by atoms with E-state index in [0.717, 1.165) is 12.2 Å². The van der Waals surface area contributed by atoms with Crippen molar-refractivity contribution < 1.29 is 19.2 Å². The molecule has 0 atom stereocenters. The summed E-state index contributed by atoms with van der Waals surface area (Å²) >= 11 is 0. The van der Waals surface area contributed by atoms with Crippen LogP contribution in [0.4, 0.5) is 0 Å². The fourth-order valence-electron chi connectivity index (χ4n) is 0.897. The van der Waals surface area contributed by atoms with Crippen LogP contribution in [0.25, 0.3) is 0 Å². The Morgan fingerprint density at radius 2 is 1.06 bits per heavy atom. The van der Waals surface area contributed by atoms with E-state index in [0.29, 0.717) is 0 Å². The van der Waals surface area contributed by atoms with Gasteiger partial charge in [-0.05, 0) is 27.7 Å². The van der Waals surface area contributed by atoms with Gasteiger partial charge in [0, 0.05) is 0 Å². The lowest BCUT2D eigenvalue weighted by molar-refractivity contribution is -0.142. The van der Waals surface area contributed by atoms with Crippen LogP contribution in [0.2, 0.25) is 0 Å². The van der Waals surface area contributed by atoms with Crippen molar-refractivity contribution in [2.45, 2.75) is 27.7 Å². The summed E-state index contributed by atoms with van der Waals surface area (Å²) in [6.07, 6.45) is 2.25. The van der Waals surface area contributed by atoms with Crippen LogP contribution >= 0.6 is 0 Å². The van der Waals surface area contributed by atoms with E-state index in [-0.39, 0.29) is 0 Å². The zero-order chi connectivity index (χ0) is 13.0. The SMILES string of the molecule is CC(C)(C(=O)N=C=O)C(C)(C)C(=O)N=C=O. The van der Waals surface area contributed by atoms with E-state index in [1.165, 1.54) is 27.7 Å². The number of hydrogen-bond acceptors (Lipinski definition) is 4. The van der Waals surface area contributed by atoms with Gasteiger partial charge >= 0.3 is 0 Å². The first-order valence-corrected chi connectivity index (χ1v) is 4.46. The average molecular weight is 224 g/mol. The molecule has 0 saturated heterocycles. The molecule has 0 radical (unpaired) electrons. The Morgan fingerprint density at radius 1 is 0.812 bits per heavy atom. The molecule has 0 aliphatic heterocycles. The normalized spacial score (nSPS) is 11.0. The quantitative estimate of drug-likeness (QED) is 0.522. The molecule has 0 aromatic heterocycles. The van der Waals surface area contributed by atoms with Crippen LogP contribution in [0, 0.1) is 10.8 Å². The second-order valence-corrected chi connectivity index (χ2v) is 4.27. The number of hydrogen-bond donors (Lipinski definition) is 0. The zero-order valence-corrected chi connectivity index (χ0v) is 9.53. The molecule has 0 bridgehead atoms. The number of carbonyl (C=O) groups is 2. The van der Waals surface area contributed by atoms with Gasteiger partial charge in [-0.1, -0.05) is 0 Å². The Bertz CT molecular complexity index is 371. The van der Waals surface area contributed by atoms with E-state index >= 15 is 0 Å². The van der Waals surface area contributed by atoms with E-state index in [4.69, 9.17) is 0 Å². The third-order valence-electron chi connectivity index (χ3n) is 2.93. The minimum absolute atomic E-state index is 0.790. The van der Waals surface area contributed by atoms with Crippen molar-refractivity contribution >= 4 is 24.0 Å². The first-order valence-electron chi connectivity index (χ1n) is 4.46. The van der Waals surface area contributed by atoms with Crippen LogP contribution in [0.15, 0.2) is 9.98 Å². The standard InChI is InChI=1S/C10H12N2O4/c1-9(2,7(15)11-5-13)10(3,4)8(16)12-6-14/h1-4H3. The third-order valence-corrected chi connectivity index (χ3v) is 2.93. The van der Waals surface area contributed by atoms with Gasteiger partial charge in [-0.2, -0.15) is 0 Å². The number of rotatable bonds is 3. The van der Waals surface area contributed by atoms with E-state index in [1.807, 2.05) is 0 Å². The number of amides is 2. The molecule has 0 N–H and O–H groups in total. The van der Waals surface area contributed by atoms with E-state index in [9.17, 15) is 19.2 Å². The Balaban J connectivity index is 5.43. The van der Waals surface area contributed by atoms with Gasteiger partial charge in [0.15, 0.2) is 0 Å². The molecule has 0 saturated carbocycles. The van der Waals surface area contributed by atoms with E-state index in [2.05, 4.69) is 9.98 Å². The molecule has 86 valence electrons. The molecule has 0 aromatic rings. The van der Waals surface area contributed by atoms with Crippen molar-refractivity contribution in [2.75, 3.05) is 0 Å². The fourth-order valence-corrected chi connectivity index (χ4v) is 0.897. The second-order valence-electron chi connectivity index (χ2n) is 4.27. The van der Waals surface area contributed by atoms with Crippen LogP contribution in [0.5, 0.6) is 0 Å². The number of aliphatic imine (C=N–C) groups is 2. The van der Waals surface area contributed by atoms with Gasteiger partial charge in [-0.25, -0.2) is 9.59 Å². The minimum Gasteiger partial charge on any atom is -0.271 e. The molecule has 6 heteroatoms. The highest BCUT2D eigenvalue weighted by Crippen LogP contribution is 2.40. The lowest BCUT2D eigenvalue weighted by atomic mass is 9.67. The molecule has 0 aromatic carbocycles. The lowest BCUT2D eigenvalue weighted by Crippen LogP contribution is -2.43. The van der Waals surface area contributed by atoms with Gasteiger partial charge < -0.3 is 0 Å². The molecule has 0 rings (SSSR count). The van der Waals surface area contributed by atoms with Crippen LogP contribution in [-0.4, -0.2) is 24.0 Å². The Kier molecular flexibility index (Phi) is 4.18. The predicted molar refractivity (Wildman–Crippen MR) is 53.8 cm³/mol. The molecule has 0 fully saturated rings. The van der Waals surface area contributed by atoms with Gasteiger partial charge in [-0.15, -0.1) is 9.98 Å². The van der Waals surface area contributed by atoms with Crippen molar-refractivity contribution in [3.8, 4) is 0 Å². The van der Waals surface area contributed by atoms with Crippen molar-refractivity contribution in [3.63, 3.8) is 0 Å². The van der Waals surface area contributed by atoms with Crippen LogP contribution < -0.4 is 0 Å². The van der Waals surface area contributed by atoms with Gasteiger partial charge in [-0.3, -0.25) is 9.59 Å². The van der Waals surface area contributed by atoms with Crippen molar-refractivity contribution in [1.29, 1.82) is 0 Å². The number of carbonyl (C=O) groups excluding carboxylic acids is 4. The van der Waals surface area contributed by atoms with E-state index < -0.39 is 22.6 Å². The summed E-state index contributed by atoms with van der Waals surface area (Å²) in [6.45, 7) is 5.76. The molecular formula is C10H12N2O4. The first-order chi connectivity index (χ1) is 7.21. The maximum absolute atomic E-state index is 11.5. The first kappa shape index (κ1) is 14.1. The Morgan fingerprint density at radius 3 is 1.25 bits per heavy atom. The molecule has 0 aliphatic rings. The smallest absolute Gasteiger partial charge is 0.263 e. The summed E-state index contributed by atoms with van der Waals surface area (Å²) in [5, 5.41) is 0. The Hall–Kier alpha value is -1.90. The molecule has 2 amide bonds. The van der Waals surface area contributed by atoms with Crippen LogP contribution in [0.3, 0.4) is 0 Å². The van der Waals surface area contributed by atoms with Gasteiger partial charge in [0.2, 0.25) is 12.2 Å². The average Bonchev–Trinajstić information content (AvgIpc) is 2.18. The van der Waals surface area contributed by atoms with Crippen molar-refractivity contribution in [2.24, 2.45) is 20.8 Å². The summed E-state index contributed by atoms with van der Waals surface area (Å²) in [5.41, 5.74) is -2.52. The molecule has 0 aliphatic carbocycles. The van der Waals surface area contributed by atoms with Gasteiger partial charge in [0.25, 0.3) is 11.8 Å². The topological polar surface area (TPSA) is 93.0 Å². The molecule has 16 heavy (non-hydrogen) atoms. The maximum Gasteiger partial charge on any atom is 0.263 e. The number of isocyanates is 2. The maximum atomic E-state index is 11.5. The summed E-state index contributed by atoms with van der Waals surface area (Å²) < 4.78 is 0. The minimum atomic E-state index is -1.26. The molecule has 6 nitrogen and oxygen atoms in total. The fraction of sp³-hybridized carbons (Fsp3) is 0.600. The van der Waals surface area contributed by atoms with Crippen molar-refractivity contribution in [1.82, 2.24) is 0 Å². The van der Waals surface area contributed by atoms with Gasteiger partial charge in [0.1, 0.15) is 0 Å². The van der Waals surface area contributed by atoms with Crippen LogP contribution in [0.1, 0.15) is 27.7 Å².